The Bertz CT molecular complexity index is 309. The van der Waals surface area contributed by atoms with Crippen LogP contribution in [0.1, 0.15) is 26.3 Å². The molecule has 0 N–H and O–H groups in total. The van der Waals surface area contributed by atoms with Crippen LogP contribution < -0.4 is 4.90 Å². The molecule has 70 valence electrons. The zero-order chi connectivity index (χ0) is 9.47. The topological polar surface area (TPSA) is 3.24 Å². The first-order valence-corrected chi connectivity index (χ1v) is 4.94. The van der Waals surface area contributed by atoms with Gasteiger partial charge in [-0.15, -0.1) is 0 Å². The first kappa shape index (κ1) is 8.61. The second-order valence-corrected chi connectivity index (χ2v) is 4.70. The molecule has 1 heteroatoms. The quantitative estimate of drug-likeness (QED) is 0.586. The van der Waals surface area contributed by atoms with E-state index in [4.69, 9.17) is 0 Å². The SMILES string of the molecule is CC(C)(C)N1CCc2ccccc21. The van der Waals surface area contributed by atoms with Crippen molar-refractivity contribution >= 4 is 5.69 Å². The van der Waals surface area contributed by atoms with Crippen molar-refractivity contribution in [3.8, 4) is 0 Å². The average molecular weight is 175 g/mol. The summed E-state index contributed by atoms with van der Waals surface area (Å²) in [6, 6.07) is 8.72. The number of anilines is 1. The van der Waals surface area contributed by atoms with Gasteiger partial charge in [0, 0.05) is 17.8 Å². The van der Waals surface area contributed by atoms with E-state index in [1.165, 1.54) is 24.2 Å². The van der Waals surface area contributed by atoms with Gasteiger partial charge in [-0.1, -0.05) is 18.2 Å². The van der Waals surface area contributed by atoms with E-state index in [1.807, 2.05) is 0 Å². The molecule has 1 nitrogen and oxygen atoms in total. The molecule has 2 rings (SSSR count). The second-order valence-electron chi connectivity index (χ2n) is 4.70. The molecule has 0 aliphatic carbocycles. The van der Waals surface area contributed by atoms with Crippen LogP contribution in [0.25, 0.3) is 0 Å². The summed E-state index contributed by atoms with van der Waals surface area (Å²) in [5.74, 6) is 0. The van der Waals surface area contributed by atoms with Gasteiger partial charge in [0.15, 0.2) is 0 Å². The van der Waals surface area contributed by atoms with Crippen LogP contribution in [-0.4, -0.2) is 12.1 Å². The molecule has 1 aromatic carbocycles. The lowest BCUT2D eigenvalue weighted by Crippen LogP contribution is -2.40. The van der Waals surface area contributed by atoms with Crippen molar-refractivity contribution in [3.05, 3.63) is 29.8 Å². The Morgan fingerprint density at radius 2 is 1.85 bits per heavy atom. The van der Waals surface area contributed by atoms with Crippen molar-refractivity contribution in [2.75, 3.05) is 11.4 Å². The maximum Gasteiger partial charge on any atom is 0.0403 e. The minimum atomic E-state index is 0.257. The van der Waals surface area contributed by atoms with E-state index in [0.29, 0.717) is 0 Å². The number of nitrogens with zero attached hydrogens (tertiary/aromatic N) is 1. The summed E-state index contributed by atoms with van der Waals surface area (Å²) in [6.07, 6.45) is 1.20. The predicted octanol–water partition coefficient (Wildman–Crippen LogP) is 2.85. The van der Waals surface area contributed by atoms with Crippen LogP contribution in [0.2, 0.25) is 0 Å². The van der Waals surface area contributed by atoms with Gasteiger partial charge >= 0.3 is 0 Å². The van der Waals surface area contributed by atoms with Crippen molar-refractivity contribution < 1.29 is 0 Å². The van der Waals surface area contributed by atoms with Crippen LogP contribution in [0, 0.1) is 0 Å². The van der Waals surface area contributed by atoms with Crippen molar-refractivity contribution in [1.82, 2.24) is 0 Å². The van der Waals surface area contributed by atoms with Crippen LogP contribution in [-0.2, 0) is 6.42 Å². The van der Waals surface area contributed by atoms with Crippen LogP contribution in [0.15, 0.2) is 24.3 Å². The van der Waals surface area contributed by atoms with E-state index in [9.17, 15) is 0 Å². The standard InChI is InChI=1S/C12H17N/c1-12(2,3)13-9-8-10-6-4-5-7-11(10)13/h4-7H,8-9H2,1-3H3. The summed E-state index contributed by atoms with van der Waals surface area (Å²) >= 11 is 0. The molecule has 0 fully saturated rings. The zero-order valence-electron chi connectivity index (χ0n) is 8.67. The summed E-state index contributed by atoms with van der Waals surface area (Å²) < 4.78 is 0. The van der Waals surface area contributed by atoms with Gasteiger partial charge in [0.2, 0.25) is 0 Å². The fraction of sp³-hybridized carbons (Fsp3) is 0.500. The molecule has 1 aliphatic rings. The van der Waals surface area contributed by atoms with Crippen molar-refractivity contribution in [2.24, 2.45) is 0 Å². The minimum Gasteiger partial charge on any atom is -0.366 e. The highest BCUT2D eigenvalue weighted by Crippen LogP contribution is 2.32. The van der Waals surface area contributed by atoms with E-state index >= 15 is 0 Å². The molecule has 1 aliphatic heterocycles. The Kier molecular flexibility index (Phi) is 1.83. The molecule has 0 amide bonds. The summed E-state index contributed by atoms with van der Waals surface area (Å²) in [5, 5.41) is 0. The number of hydrogen-bond acceptors (Lipinski definition) is 1. The van der Waals surface area contributed by atoms with Crippen molar-refractivity contribution in [3.63, 3.8) is 0 Å². The number of fused-ring (bicyclic) bond motifs is 1. The smallest absolute Gasteiger partial charge is 0.0403 e. The number of benzene rings is 1. The Balaban J connectivity index is 2.39. The molecular formula is C12H17N. The Labute approximate surface area is 80.4 Å². The first-order valence-electron chi connectivity index (χ1n) is 4.94. The molecule has 13 heavy (non-hydrogen) atoms. The Hall–Kier alpha value is -0.980. The molecule has 0 radical (unpaired) electrons. The maximum atomic E-state index is 2.49. The van der Waals surface area contributed by atoms with Gasteiger partial charge in [0.25, 0.3) is 0 Å². The monoisotopic (exact) mass is 175 g/mol. The third kappa shape index (κ3) is 1.43. The first-order chi connectivity index (χ1) is 6.09. The Morgan fingerprint density at radius 1 is 1.15 bits per heavy atom. The predicted molar refractivity (Wildman–Crippen MR) is 57.2 cm³/mol. The van der Waals surface area contributed by atoms with Crippen LogP contribution in [0.5, 0.6) is 0 Å². The third-order valence-corrected chi connectivity index (χ3v) is 2.70. The molecule has 0 unspecified atom stereocenters. The van der Waals surface area contributed by atoms with E-state index < -0.39 is 0 Å². The average Bonchev–Trinajstić information content (AvgIpc) is 2.45. The normalized spacial score (nSPS) is 16.1. The maximum absolute atomic E-state index is 2.49. The van der Waals surface area contributed by atoms with Gasteiger partial charge < -0.3 is 4.90 Å². The van der Waals surface area contributed by atoms with E-state index in [0.717, 1.165) is 0 Å². The second kappa shape index (κ2) is 2.76. The van der Waals surface area contributed by atoms with Gasteiger partial charge in [-0.25, -0.2) is 0 Å². The van der Waals surface area contributed by atoms with E-state index in [1.54, 1.807) is 0 Å². The van der Waals surface area contributed by atoms with E-state index in [2.05, 4.69) is 49.9 Å². The molecule has 0 bridgehead atoms. The van der Waals surface area contributed by atoms with Gasteiger partial charge in [-0.2, -0.15) is 0 Å². The number of para-hydroxylation sites is 1. The fourth-order valence-electron chi connectivity index (χ4n) is 2.04. The third-order valence-electron chi connectivity index (χ3n) is 2.70. The zero-order valence-corrected chi connectivity index (χ0v) is 8.67. The van der Waals surface area contributed by atoms with Crippen molar-refractivity contribution in [2.45, 2.75) is 32.7 Å². The fourth-order valence-corrected chi connectivity index (χ4v) is 2.04. The summed E-state index contributed by atoms with van der Waals surface area (Å²) in [6.45, 7) is 7.99. The molecule has 0 atom stereocenters. The summed E-state index contributed by atoms with van der Waals surface area (Å²) in [4.78, 5) is 2.49. The highest BCUT2D eigenvalue weighted by molar-refractivity contribution is 5.59. The van der Waals surface area contributed by atoms with Gasteiger partial charge in [-0.3, -0.25) is 0 Å². The molecule has 1 heterocycles. The van der Waals surface area contributed by atoms with Crippen molar-refractivity contribution in [1.29, 1.82) is 0 Å². The molecule has 0 spiro atoms. The molecular weight excluding hydrogens is 158 g/mol. The van der Waals surface area contributed by atoms with Gasteiger partial charge in [-0.05, 0) is 38.8 Å². The van der Waals surface area contributed by atoms with Crippen LogP contribution in [0.3, 0.4) is 0 Å². The lowest BCUT2D eigenvalue weighted by atomic mass is 10.1. The summed E-state index contributed by atoms with van der Waals surface area (Å²) in [5.41, 5.74) is 3.18. The summed E-state index contributed by atoms with van der Waals surface area (Å²) in [7, 11) is 0. The van der Waals surface area contributed by atoms with E-state index in [-0.39, 0.29) is 5.54 Å². The number of hydrogen-bond donors (Lipinski definition) is 0. The lowest BCUT2D eigenvalue weighted by Gasteiger charge is -2.34. The van der Waals surface area contributed by atoms with Gasteiger partial charge in [0.05, 0.1) is 0 Å². The highest BCUT2D eigenvalue weighted by atomic mass is 15.2. The van der Waals surface area contributed by atoms with Gasteiger partial charge in [0.1, 0.15) is 0 Å². The number of rotatable bonds is 0. The molecule has 1 aromatic rings. The molecule has 0 aromatic heterocycles. The Morgan fingerprint density at radius 3 is 2.54 bits per heavy atom. The molecule has 0 saturated heterocycles. The van der Waals surface area contributed by atoms with Crippen LogP contribution >= 0.6 is 0 Å². The minimum absolute atomic E-state index is 0.257. The largest absolute Gasteiger partial charge is 0.366 e. The highest BCUT2D eigenvalue weighted by Gasteiger charge is 2.27. The lowest BCUT2D eigenvalue weighted by molar-refractivity contribution is 0.518. The van der Waals surface area contributed by atoms with Crippen LogP contribution in [0.4, 0.5) is 5.69 Å². The molecule has 0 saturated carbocycles.